The van der Waals surface area contributed by atoms with E-state index in [4.69, 9.17) is 10.7 Å². The van der Waals surface area contributed by atoms with Crippen molar-refractivity contribution in [2.75, 3.05) is 22.1 Å². The van der Waals surface area contributed by atoms with Gasteiger partial charge >= 0.3 is 6.03 Å². The minimum absolute atomic E-state index is 0.0101. The van der Waals surface area contributed by atoms with Crippen LogP contribution in [0.15, 0.2) is 65.7 Å². The van der Waals surface area contributed by atoms with Crippen LogP contribution in [0, 0.1) is 0 Å². The molecule has 0 fully saturated rings. The highest BCUT2D eigenvalue weighted by Gasteiger charge is 2.23. The van der Waals surface area contributed by atoms with Crippen molar-refractivity contribution in [2.45, 2.75) is 38.0 Å². The lowest BCUT2D eigenvalue weighted by Gasteiger charge is -2.14. The average molecular weight is 520 g/mol. The van der Waals surface area contributed by atoms with Gasteiger partial charge in [0, 0.05) is 28.6 Å². The van der Waals surface area contributed by atoms with Gasteiger partial charge in [-0.05, 0) is 42.5 Å². The number of benzene rings is 2. The number of nitrogens with two attached hydrogens (primary N) is 1. The fourth-order valence-electron chi connectivity index (χ4n) is 3.59. The second-order valence-corrected chi connectivity index (χ2v) is 11.7. The maximum Gasteiger partial charge on any atom is 0.323 e. The predicted molar refractivity (Wildman–Crippen MR) is 145 cm³/mol. The highest BCUT2D eigenvalue weighted by atomic mass is 32.2. The molecule has 0 saturated heterocycles. The molecule has 192 valence electrons. The van der Waals surface area contributed by atoms with Crippen molar-refractivity contribution in [3.63, 3.8) is 0 Å². The number of H-pyrrole nitrogens is 1. The van der Waals surface area contributed by atoms with E-state index in [0.717, 1.165) is 11.4 Å². The number of anilines is 3. The van der Waals surface area contributed by atoms with Crippen LogP contribution >= 0.6 is 0 Å². The SMILES string of the molecule is CCS(=O)(=O)c1ccc(NC(=O)Nc2cccc(-c3nc(C(C)(C)C)[nH]c3-c3ccnc(N)n3)c2)cc1. The molecule has 0 saturated carbocycles. The Morgan fingerprint density at radius 3 is 2.35 bits per heavy atom. The van der Waals surface area contributed by atoms with Crippen molar-refractivity contribution in [3.05, 3.63) is 66.6 Å². The van der Waals surface area contributed by atoms with Gasteiger partial charge in [-0.3, -0.25) is 0 Å². The number of hydrogen-bond donors (Lipinski definition) is 4. The van der Waals surface area contributed by atoms with Gasteiger partial charge < -0.3 is 21.4 Å². The molecule has 0 aliphatic rings. The number of urea groups is 1. The number of sulfone groups is 1. The Labute approximate surface area is 215 Å². The molecule has 2 aromatic heterocycles. The maximum absolute atomic E-state index is 12.6. The monoisotopic (exact) mass is 519 g/mol. The second kappa shape index (κ2) is 10.0. The molecule has 37 heavy (non-hydrogen) atoms. The predicted octanol–water partition coefficient (Wildman–Crippen LogP) is 4.85. The number of amides is 2. The number of nitrogens with zero attached hydrogens (tertiary/aromatic N) is 3. The van der Waals surface area contributed by atoms with E-state index in [1.807, 2.05) is 18.2 Å². The van der Waals surface area contributed by atoms with Crippen molar-refractivity contribution in [3.8, 4) is 22.6 Å². The van der Waals surface area contributed by atoms with E-state index in [9.17, 15) is 13.2 Å². The Morgan fingerprint density at radius 1 is 1.00 bits per heavy atom. The minimum Gasteiger partial charge on any atom is -0.368 e. The molecule has 0 aliphatic carbocycles. The third-order valence-electron chi connectivity index (χ3n) is 5.59. The molecule has 2 aromatic carbocycles. The van der Waals surface area contributed by atoms with Gasteiger partial charge in [0.1, 0.15) is 5.82 Å². The van der Waals surface area contributed by atoms with E-state index in [1.54, 1.807) is 37.4 Å². The van der Waals surface area contributed by atoms with Crippen LogP contribution < -0.4 is 16.4 Å². The molecule has 0 aliphatic heterocycles. The molecule has 0 radical (unpaired) electrons. The number of hydrogen-bond acceptors (Lipinski definition) is 7. The van der Waals surface area contributed by atoms with E-state index in [-0.39, 0.29) is 22.0 Å². The standard InChI is InChI=1S/C26H29N7O3S/c1-5-37(35,36)19-11-9-17(10-12-19)29-25(34)30-18-8-6-7-16(15-18)21-22(20-13-14-28-24(27)31-20)33-23(32-21)26(2,3)4/h6-15H,5H2,1-4H3,(H,32,33)(H2,27,28,31)(H2,29,30,34). The number of imidazole rings is 1. The van der Waals surface area contributed by atoms with E-state index in [1.165, 1.54) is 12.1 Å². The zero-order valence-corrected chi connectivity index (χ0v) is 21.8. The van der Waals surface area contributed by atoms with Crippen LogP contribution in [0.4, 0.5) is 22.1 Å². The van der Waals surface area contributed by atoms with Crippen molar-refractivity contribution in [2.24, 2.45) is 0 Å². The summed E-state index contributed by atoms with van der Waals surface area (Å²) in [6.45, 7) is 7.75. The molecule has 0 unspecified atom stereocenters. The molecule has 4 aromatic rings. The van der Waals surface area contributed by atoms with Crippen LogP contribution in [-0.2, 0) is 15.3 Å². The number of nitrogens with one attached hydrogen (secondary N) is 3. The Morgan fingerprint density at radius 2 is 1.70 bits per heavy atom. The number of carbonyl (C=O) groups is 1. The van der Waals surface area contributed by atoms with Crippen LogP contribution in [-0.4, -0.2) is 40.1 Å². The molecule has 0 atom stereocenters. The molecule has 2 heterocycles. The molecule has 4 rings (SSSR count). The van der Waals surface area contributed by atoms with Crippen LogP contribution in [0.3, 0.4) is 0 Å². The van der Waals surface area contributed by atoms with Crippen molar-refractivity contribution < 1.29 is 13.2 Å². The molecular weight excluding hydrogens is 490 g/mol. The van der Waals surface area contributed by atoms with Gasteiger partial charge in [-0.2, -0.15) is 0 Å². The minimum atomic E-state index is -3.31. The summed E-state index contributed by atoms with van der Waals surface area (Å²) in [5.74, 6) is 0.943. The van der Waals surface area contributed by atoms with Gasteiger partial charge in [-0.1, -0.05) is 39.8 Å². The highest BCUT2D eigenvalue weighted by molar-refractivity contribution is 7.91. The van der Waals surface area contributed by atoms with E-state index in [2.05, 4.69) is 46.4 Å². The van der Waals surface area contributed by atoms with Gasteiger partial charge in [0.2, 0.25) is 5.95 Å². The maximum atomic E-state index is 12.6. The molecule has 0 bridgehead atoms. The third kappa shape index (κ3) is 5.95. The summed E-state index contributed by atoms with van der Waals surface area (Å²) in [6.07, 6.45) is 1.59. The van der Waals surface area contributed by atoms with E-state index in [0.29, 0.717) is 28.5 Å². The topological polar surface area (TPSA) is 156 Å². The molecule has 11 heteroatoms. The first kappa shape index (κ1) is 25.8. The fraction of sp³-hybridized carbons (Fsp3) is 0.231. The van der Waals surface area contributed by atoms with Crippen molar-refractivity contribution >= 4 is 33.2 Å². The highest BCUT2D eigenvalue weighted by Crippen LogP contribution is 2.33. The van der Waals surface area contributed by atoms with Crippen LogP contribution in [0.2, 0.25) is 0 Å². The first-order valence-corrected chi connectivity index (χ1v) is 13.3. The summed E-state index contributed by atoms with van der Waals surface area (Å²) >= 11 is 0. The largest absolute Gasteiger partial charge is 0.368 e. The summed E-state index contributed by atoms with van der Waals surface area (Å²) in [4.78, 5) is 29.4. The van der Waals surface area contributed by atoms with Crippen LogP contribution in [0.5, 0.6) is 0 Å². The van der Waals surface area contributed by atoms with Gasteiger partial charge in [0.05, 0.1) is 27.7 Å². The van der Waals surface area contributed by atoms with Crippen molar-refractivity contribution in [1.82, 2.24) is 19.9 Å². The summed E-state index contributed by atoms with van der Waals surface area (Å²) in [7, 11) is -3.31. The lowest BCUT2D eigenvalue weighted by Crippen LogP contribution is -2.19. The lowest BCUT2D eigenvalue weighted by atomic mass is 9.96. The number of aromatic amines is 1. The second-order valence-electron chi connectivity index (χ2n) is 9.45. The molecule has 2 amide bonds. The Balaban J connectivity index is 1.59. The van der Waals surface area contributed by atoms with Gasteiger partial charge in [0.25, 0.3) is 0 Å². The van der Waals surface area contributed by atoms with Gasteiger partial charge in [0.15, 0.2) is 9.84 Å². The lowest BCUT2D eigenvalue weighted by molar-refractivity contribution is 0.262. The van der Waals surface area contributed by atoms with Gasteiger partial charge in [-0.25, -0.2) is 28.2 Å². The Hall–Kier alpha value is -4.25. The first-order valence-electron chi connectivity index (χ1n) is 11.7. The number of carbonyl (C=O) groups excluding carboxylic acids is 1. The zero-order chi connectivity index (χ0) is 26.8. The molecular formula is C26H29N7O3S. The third-order valence-corrected chi connectivity index (χ3v) is 7.34. The molecule has 0 spiro atoms. The normalized spacial score (nSPS) is 11.8. The average Bonchev–Trinajstić information content (AvgIpc) is 3.31. The molecule has 5 N–H and O–H groups in total. The Bertz CT molecular complexity index is 1540. The quantitative estimate of drug-likeness (QED) is 0.284. The summed E-state index contributed by atoms with van der Waals surface area (Å²) < 4.78 is 24.0. The van der Waals surface area contributed by atoms with Crippen molar-refractivity contribution in [1.29, 1.82) is 0 Å². The smallest absolute Gasteiger partial charge is 0.323 e. The zero-order valence-electron chi connectivity index (χ0n) is 21.0. The number of aromatic nitrogens is 4. The van der Waals surface area contributed by atoms with Gasteiger partial charge in [-0.15, -0.1) is 0 Å². The fourth-order valence-corrected chi connectivity index (χ4v) is 4.47. The summed E-state index contributed by atoms with van der Waals surface area (Å²) in [5, 5.41) is 5.53. The number of rotatable bonds is 6. The first-order chi connectivity index (χ1) is 17.5. The summed E-state index contributed by atoms with van der Waals surface area (Å²) in [5.41, 5.74) is 9.33. The van der Waals surface area contributed by atoms with E-state index >= 15 is 0 Å². The van der Waals surface area contributed by atoms with Crippen LogP contribution in [0.25, 0.3) is 22.6 Å². The van der Waals surface area contributed by atoms with Crippen LogP contribution in [0.1, 0.15) is 33.5 Å². The summed E-state index contributed by atoms with van der Waals surface area (Å²) in [6, 6.07) is 14.6. The molecule has 10 nitrogen and oxygen atoms in total. The number of nitrogen functional groups attached to an aromatic ring is 1. The Kier molecular flexibility index (Phi) is 6.99. The van der Waals surface area contributed by atoms with E-state index < -0.39 is 15.9 Å².